The van der Waals surface area contributed by atoms with Gasteiger partial charge in [0.15, 0.2) is 5.76 Å². The molecule has 0 N–H and O–H groups in total. The number of hydrogen-bond acceptors (Lipinski definition) is 5. The number of amides is 2. The molecule has 0 aliphatic carbocycles. The predicted molar refractivity (Wildman–Crippen MR) is 102 cm³/mol. The van der Waals surface area contributed by atoms with Gasteiger partial charge in [0.05, 0.1) is 12.9 Å². The molecule has 1 saturated heterocycles. The van der Waals surface area contributed by atoms with Gasteiger partial charge in [-0.05, 0) is 49.6 Å². The van der Waals surface area contributed by atoms with Crippen LogP contribution in [0.5, 0.6) is 5.75 Å². The van der Waals surface area contributed by atoms with Crippen LogP contribution in [0, 0.1) is 0 Å². The first-order chi connectivity index (χ1) is 12.5. The molecule has 2 amide bonds. The Kier molecular flexibility index (Phi) is 5.56. The summed E-state index contributed by atoms with van der Waals surface area (Å²) in [6, 6.07) is 10.3. The van der Waals surface area contributed by atoms with Gasteiger partial charge in [-0.25, -0.2) is 0 Å². The maximum absolute atomic E-state index is 12.8. The Hall–Kier alpha value is -2.41. The number of piperazine rings is 1. The molecule has 0 spiro atoms. The van der Waals surface area contributed by atoms with Gasteiger partial charge in [-0.3, -0.25) is 9.59 Å². The van der Waals surface area contributed by atoms with Gasteiger partial charge in [0.2, 0.25) is 5.91 Å². The quantitative estimate of drug-likeness (QED) is 0.805. The lowest BCUT2D eigenvalue weighted by molar-refractivity contribution is -0.124. The lowest BCUT2D eigenvalue weighted by Crippen LogP contribution is -2.57. The molecule has 1 aliphatic heterocycles. The van der Waals surface area contributed by atoms with E-state index < -0.39 is 6.04 Å². The van der Waals surface area contributed by atoms with Crippen molar-refractivity contribution in [3.05, 3.63) is 47.9 Å². The Labute approximate surface area is 157 Å². The summed E-state index contributed by atoms with van der Waals surface area (Å²) in [6.45, 7) is 2.65. The summed E-state index contributed by atoms with van der Waals surface area (Å²) < 4.78 is 10.8. The van der Waals surface area contributed by atoms with Crippen molar-refractivity contribution in [2.24, 2.45) is 0 Å². The molecule has 2 heterocycles. The summed E-state index contributed by atoms with van der Waals surface area (Å²) in [6.07, 6.45) is 1.98. The smallest absolute Gasteiger partial charge is 0.290 e. The molecular formula is C19H22N2O4S. The highest BCUT2D eigenvalue weighted by Crippen LogP contribution is 2.24. The first kappa shape index (κ1) is 18.4. The van der Waals surface area contributed by atoms with Crippen molar-refractivity contribution in [2.45, 2.75) is 18.7 Å². The van der Waals surface area contributed by atoms with Gasteiger partial charge in [-0.1, -0.05) is 0 Å². The van der Waals surface area contributed by atoms with E-state index in [-0.39, 0.29) is 17.6 Å². The van der Waals surface area contributed by atoms with Gasteiger partial charge in [0.1, 0.15) is 17.6 Å². The van der Waals surface area contributed by atoms with E-state index in [9.17, 15) is 9.59 Å². The Bertz CT molecular complexity index is 787. The highest BCUT2D eigenvalue weighted by molar-refractivity contribution is 7.97. The number of ether oxygens (including phenoxy) is 1. The molecule has 1 aromatic heterocycles. The summed E-state index contributed by atoms with van der Waals surface area (Å²) in [5.41, 5.74) is 0.801. The molecular weight excluding hydrogens is 352 g/mol. The zero-order valence-electron chi connectivity index (χ0n) is 15.1. The standard InChI is InChI=1S/C19H22N2O4S/c1-13-18(22)21(14-4-6-15(24-2)7-5-14)11-10-20(13)19(23)17-9-8-16(25-17)12-26-3/h4-9,13H,10-12H2,1-3H3/t13-/m0/s1. The van der Waals surface area contributed by atoms with E-state index in [4.69, 9.17) is 9.15 Å². The number of thioether (sulfide) groups is 1. The average Bonchev–Trinajstić information content (AvgIpc) is 3.12. The molecule has 1 fully saturated rings. The van der Waals surface area contributed by atoms with Gasteiger partial charge < -0.3 is 19.0 Å². The first-order valence-corrected chi connectivity index (χ1v) is 9.78. The van der Waals surface area contributed by atoms with E-state index >= 15 is 0 Å². The first-order valence-electron chi connectivity index (χ1n) is 8.39. The molecule has 1 aliphatic rings. The molecule has 26 heavy (non-hydrogen) atoms. The van der Waals surface area contributed by atoms with Crippen LogP contribution in [-0.2, 0) is 10.5 Å². The molecule has 1 aromatic carbocycles. The van der Waals surface area contributed by atoms with Crippen LogP contribution in [0.15, 0.2) is 40.8 Å². The van der Waals surface area contributed by atoms with Crippen LogP contribution in [0.2, 0.25) is 0 Å². The number of nitrogens with zero attached hydrogens (tertiary/aromatic N) is 2. The third kappa shape index (κ3) is 3.58. The van der Waals surface area contributed by atoms with Crippen molar-refractivity contribution in [3.63, 3.8) is 0 Å². The zero-order valence-corrected chi connectivity index (χ0v) is 15.9. The topological polar surface area (TPSA) is 63.0 Å². The van der Waals surface area contributed by atoms with E-state index in [1.165, 1.54) is 0 Å². The largest absolute Gasteiger partial charge is 0.497 e. The molecule has 2 aromatic rings. The lowest BCUT2D eigenvalue weighted by atomic mass is 10.1. The number of carbonyl (C=O) groups excluding carboxylic acids is 2. The van der Waals surface area contributed by atoms with Gasteiger partial charge in [0, 0.05) is 18.8 Å². The summed E-state index contributed by atoms with van der Waals surface area (Å²) >= 11 is 1.63. The van der Waals surface area contributed by atoms with Crippen molar-refractivity contribution in [1.82, 2.24) is 4.90 Å². The molecule has 6 nitrogen and oxygen atoms in total. The van der Waals surface area contributed by atoms with Crippen molar-refractivity contribution in [3.8, 4) is 5.75 Å². The second kappa shape index (κ2) is 7.86. The third-order valence-corrected chi connectivity index (χ3v) is 5.03. The number of methoxy groups -OCH3 is 1. The van der Waals surface area contributed by atoms with Crippen LogP contribution in [0.25, 0.3) is 0 Å². The van der Waals surface area contributed by atoms with Crippen LogP contribution < -0.4 is 9.64 Å². The van der Waals surface area contributed by atoms with Gasteiger partial charge in [-0.15, -0.1) is 0 Å². The number of rotatable bonds is 5. The summed E-state index contributed by atoms with van der Waals surface area (Å²) in [4.78, 5) is 28.8. The third-order valence-electron chi connectivity index (χ3n) is 4.46. The Morgan fingerprint density at radius 1 is 1.23 bits per heavy atom. The molecule has 0 unspecified atom stereocenters. The fourth-order valence-corrected chi connectivity index (χ4v) is 3.46. The second-order valence-electron chi connectivity index (χ2n) is 6.06. The maximum atomic E-state index is 12.8. The average molecular weight is 374 g/mol. The molecule has 0 radical (unpaired) electrons. The van der Waals surface area contributed by atoms with E-state index in [2.05, 4.69) is 0 Å². The minimum atomic E-state index is -0.549. The molecule has 0 bridgehead atoms. The van der Waals surface area contributed by atoms with Crippen molar-refractivity contribution in [1.29, 1.82) is 0 Å². The highest BCUT2D eigenvalue weighted by Gasteiger charge is 2.36. The number of anilines is 1. The van der Waals surface area contributed by atoms with Crippen LogP contribution >= 0.6 is 11.8 Å². The van der Waals surface area contributed by atoms with E-state index in [0.29, 0.717) is 18.8 Å². The van der Waals surface area contributed by atoms with Gasteiger partial charge in [0.25, 0.3) is 5.91 Å². The maximum Gasteiger partial charge on any atom is 0.290 e. The van der Waals surface area contributed by atoms with Crippen molar-refractivity contribution in [2.75, 3.05) is 31.4 Å². The minimum Gasteiger partial charge on any atom is -0.497 e. The van der Waals surface area contributed by atoms with Crippen LogP contribution in [0.4, 0.5) is 5.69 Å². The fourth-order valence-electron chi connectivity index (χ4n) is 3.02. The Morgan fingerprint density at radius 2 is 1.96 bits per heavy atom. The second-order valence-corrected chi connectivity index (χ2v) is 6.93. The summed E-state index contributed by atoms with van der Waals surface area (Å²) in [5.74, 6) is 2.15. The number of benzene rings is 1. The van der Waals surface area contributed by atoms with E-state index in [0.717, 1.165) is 17.2 Å². The normalized spacial score (nSPS) is 17.5. The van der Waals surface area contributed by atoms with Crippen molar-refractivity contribution >= 4 is 29.3 Å². The van der Waals surface area contributed by atoms with Crippen LogP contribution in [-0.4, -0.2) is 49.2 Å². The highest BCUT2D eigenvalue weighted by atomic mass is 32.2. The monoisotopic (exact) mass is 374 g/mol. The Morgan fingerprint density at radius 3 is 2.62 bits per heavy atom. The van der Waals surface area contributed by atoms with Gasteiger partial charge in [-0.2, -0.15) is 11.8 Å². The van der Waals surface area contributed by atoms with Crippen molar-refractivity contribution < 1.29 is 18.7 Å². The van der Waals surface area contributed by atoms with E-state index in [1.807, 2.05) is 36.6 Å². The number of carbonyl (C=O) groups is 2. The van der Waals surface area contributed by atoms with E-state index in [1.54, 1.807) is 41.7 Å². The lowest BCUT2D eigenvalue weighted by Gasteiger charge is -2.38. The molecule has 3 rings (SSSR count). The minimum absolute atomic E-state index is 0.106. The fraction of sp³-hybridized carbons (Fsp3) is 0.368. The SMILES string of the molecule is COc1ccc(N2CCN(C(=O)c3ccc(CSC)o3)[C@@H](C)C2=O)cc1. The summed E-state index contributed by atoms with van der Waals surface area (Å²) in [7, 11) is 1.60. The molecule has 1 atom stereocenters. The molecule has 138 valence electrons. The zero-order chi connectivity index (χ0) is 18.7. The number of furan rings is 1. The summed E-state index contributed by atoms with van der Waals surface area (Å²) in [5, 5.41) is 0. The van der Waals surface area contributed by atoms with Gasteiger partial charge >= 0.3 is 0 Å². The Balaban J connectivity index is 1.72. The van der Waals surface area contributed by atoms with Crippen LogP contribution in [0.3, 0.4) is 0 Å². The van der Waals surface area contributed by atoms with Crippen LogP contribution in [0.1, 0.15) is 23.2 Å². The predicted octanol–water partition coefficient (Wildman–Crippen LogP) is 3.03. The molecule has 0 saturated carbocycles. The number of hydrogen-bond donors (Lipinski definition) is 0. The molecule has 7 heteroatoms.